The number of hydrogen-bond acceptors (Lipinski definition) is 6. The lowest BCUT2D eigenvalue weighted by molar-refractivity contribution is -0.139. The van der Waals surface area contributed by atoms with E-state index in [2.05, 4.69) is 5.92 Å². The van der Waals surface area contributed by atoms with Crippen LogP contribution in [0.5, 0.6) is 5.75 Å². The third kappa shape index (κ3) is 4.62. The first-order valence-electron chi connectivity index (χ1n) is 13.3. The number of nitrogens with zero attached hydrogens (tertiary/aromatic N) is 2. The van der Waals surface area contributed by atoms with Gasteiger partial charge < -0.3 is 9.47 Å². The van der Waals surface area contributed by atoms with E-state index >= 15 is 0 Å². The van der Waals surface area contributed by atoms with Crippen LogP contribution >= 0.6 is 11.3 Å². The second-order valence-electron chi connectivity index (χ2n) is 9.56. The highest BCUT2D eigenvalue weighted by Crippen LogP contribution is 2.35. The smallest absolute Gasteiger partial charge is 0.338 e. The Balaban J connectivity index is 1.64. The third-order valence-electron chi connectivity index (χ3n) is 7.15. The minimum atomic E-state index is -0.705. The number of esters is 1. The Labute approximate surface area is 240 Å². The SMILES string of the molecule is C#CCOc1ccc2ccccc2c1/C=c1/sc2n(c1=O)[C@@H](c1cccc3ccccc13)C(C(=O)OCC)=C(C)N=2. The van der Waals surface area contributed by atoms with Crippen molar-refractivity contribution in [3.63, 3.8) is 0 Å². The fraction of sp³-hybridized carbons (Fsp3) is 0.147. The molecule has 1 aliphatic heterocycles. The van der Waals surface area contributed by atoms with E-state index in [1.54, 1.807) is 18.4 Å². The maximum absolute atomic E-state index is 14.3. The molecule has 6 nitrogen and oxygen atoms in total. The maximum Gasteiger partial charge on any atom is 0.338 e. The van der Waals surface area contributed by atoms with E-state index in [9.17, 15) is 9.59 Å². The normalized spacial score (nSPS) is 15.0. The molecule has 0 amide bonds. The van der Waals surface area contributed by atoms with Gasteiger partial charge in [-0.1, -0.05) is 90.1 Å². The summed E-state index contributed by atoms with van der Waals surface area (Å²) < 4.78 is 13.4. The van der Waals surface area contributed by atoms with E-state index in [1.165, 1.54) is 11.3 Å². The Hall–Kier alpha value is -4.93. The van der Waals surface area contributed by atoms with Crippen molar-refractivity contribution < 1.29 is 14.3 Å². The number of carbonyl (C=O) groups excluding carboxylic acids is 1. The number of hydrogen-bond donors (Lipinski definition) is 0. The summed E-state index contributed by atoms with van der Waals surface area (Å²) in [5, 5.41) is 3.90. The zero-order chi connectivity index (χ0) is 28.5. The molecule has 7 heteroatoms. The molecule has 0 saturated heterocycles. The second-order valence-corrected chi connectivity index (χ2v) is 10.6. The van der Waals surface area contributed by atoms with Gasteiger partial charge in [0.2, 0.25) is 0 Å². The number of thiazole rings is 1. The fourth-order valence-electron chi connectivity index (χ4n) is 5.38. The summed E-state index contributed by atoms with van der Waals surface area (Å²) in [6, 6.07) is 24.9. The average molecular weight is 559 g/mol. The average Bonchev–Trinajstić information content (AvgIpc) is 3.29. The molecule has 1 aliphatic rings. The number of carbonyl (C=O) groups is 1. The maximum atomic E-state index is 14.3. The molecule has 6 rings (SSSR count). The molecule has 0 aliphatic carbocycles. The van der Waals surface area contributed by atoms with Crippen molar-refractivity contribution in [2.24, 2.45) is 4.99 Å². The molecule has 0 spiro atoms. The van der Waals surface area contributed by atoms with Gasteiger partial charge >= 0.3 is 5.97 Å². The van der Waals surface area contributed by atoms with Gasteiger partial charge in [0.05, 0.1) is 28.5 Å². The van der Waals surface area contributed by atoms with E-state index < -0.39 is 12.0 Å². The van der Waals surface area contributed by atoms with Crippen LogP contribution in [-0.4, -0.2) is 23.8 Å². The Morgan fingerprint density at radius 3 is 2.49 bits per heavy atom. The fourth-order valence-corrected chi connectivity index (χ4v) is 6.40. The van der Waals surface area contributed by atoms with Crippen LogP contribution in [0.3, 0.4) is 0 Å². The Kier molecular flexibility index (Phi) is 7.00. The minimum Gasteiger partial charge on any atom is -0.480 e. The lowest BCUT2D eigenvalue weighted by Crippen LogP contribution is -2.40. The molecular formula is C34H26N2O4S. The van der Waals surface area contributed by atoms with Gasteiger partial charge in [-0.05, 0) is 53.1 Å². The summed E-state index contributed by atoms with van der Waals surface area (Å²) in [4.78, 5) is 32.8. The monoisotopic (exact) mass is 558 g/mol. The van der Waals surface area contributed by atoms with Gasteiger partial charge in [0.1, 0.15) is 12.4 Å². The standard InChI is InChI=1S/C34H26N2O4S/c1-4-19-40-28-18-17-23-12-7-9-15-25(23)27(28)20-29-32(37)36-31(26-16-10-13-22-11-6-8-14-24(22)26)30(33(38)39-5-2)21(3)35-34(36)41-29/h1,6-18,20,31H,5,19H2,2-3H3/b29-20+/t31-/m0/s1. The van der Waals surface area contributed by atoms with Crippen LogP contribution in [0.1, 0.15) is 31.0 Å². The van der Waals surface area contributed by atoms with E-state index in [0.717, 1.165) is 32.7 Å². The van der Waals surface area contributed by atoms with Crippen molar-refractivity contribution in [3.05, 3.63) is 121 Å². The van der Waals surface area contributed by atoms with Crippen molar-refractivity contribution in [3.8, 4) is 18.1 Å². The van der Waals surface area contributed by atoms with Crippen LogP contribution in [0.4, 0.5) is 0 Å². The van der Waals surface area contributed by atoms with Crippen LogP contribution in [-0.2, 0) is 9.53 Å². The molecular weight excluding hydrogens is 532 g/mol. The number of rotatable bonds is 6. The summed E-state index contributed by atoms with van der Waals surface area (Å²) in [6.07, 6.45) is 7.31. The van der Waals surface area contributed by atoms with E-state index in [-0.39, 0.29) is 18.8 Å². The molecule has 5 aromatic rings. The predicted molar refractivity (Wildman–Crippen MR) is 163 cm³/mol. The topological polar surface area (TPSA) is 69.9 Å². The van der Waals surface area contributed by atoms with Crippen molar-refractivity contribution >= 4 is 44.9 Å². The van der Waals surface area contributed by atoms with Gasteiger partial charge in [-0.2, -0.15) is 0 Å². The highest BCUT2D eigenvalue weighted by atomic mass is 32.1. The number of fused-ring (bicyclic) bond motifs is 3. The largest absolute Gasteiger partial charge is 0.480 e. The van der Waals surface area contributed by atoms with Crippen LogP contribution in [0, 0.1) is 12.3 Å². The highest BCUT2D eigenvalue weighted by molar-refractivity contribution is 7.07. The van der Waals surface area contributed by atoms with Gasteiger partial charge in [0.15, 0.2) is 4.80 Å². The molecule has 0 fully saturated rings. The zero-order valence-electron chi connectivity index (χ0n) is 22.6. The van der Waals surface area contributed by atoms with Gasteiger partial charge in [-0.15, -0.1) is 6.42 Å². The number of benzene rings is 4. The molecule has 0 saturated carbocycles. The van der Waals surface area contributed by atoms with Gasteiger partial charge in [0.25, 0.3) is 5.56 Å². The summed E-state index contributed by atoms with van der Waals surface area (Å²) in [5.74, 6) is 2.61. The predicted octanol–water partition coefficient (Wildman–Crippen LogP) is 5.12. The first-order valence-corrected chi connectivity index (χ1v) is 14.1. The van der Waals surface area contributed by atoms with Gasteiger partial charge in [-0.25, -0.2) is 9.79 Å². The number of aromatic nitrogens is 1. The molecule has 0 unspecified atom stereocenters. The van der Waals surface area contributed by atoms with Gasteiger partial charge in [0, 0.05) is 5.56 Å². The van der Waals surface area contributed by atoms with E-state index in [1.807, 2.05) is 84.9 Å². The lowest BCUT2D eigenvalue weighted by Gasteiger charge is -2.25. The molecule has 41 heavy (non-hydrogen) atoms. The summed E-state index contributed by atoms with van der Waals surface area (Å²) in [6.45, 7) is 3.87. The molecule has 4 aromatic carbocycles. The van der Waals surface area contributed by atoms with E-state index in [0.29, 0.717) is 26.4 Å². The second kappa shape index (κ2) is 10.9. The van der Waals surface area contributed by atoms with Crippen molar-refractivity contribution in [2.75, 3.05) is 13.2 Å². The van der Waals surface area contributed by atoms with Crippen LogP contribution in [0.2, 0.25) is 0 Å². The van der Waals surface area contributed by atoms with Crippen LogP contribution in [0.15, 0.2) is 99.9 Å². The molecule has 0 bridgehead atoms. The first-order chi connectivity index (χ1) is 20.0. The number of allylic oxidation sites excluding steroid dienone is 1. The highest BCUT2D eigenvalue weighted by Gasteiger charge is 2.34. The van der Waals surface area contributed by atoms with E-state index in [4.69, 9.17) is 20.9 Å². The zero-order valence-corrected chi connectivity index (χ0v) is 23.4. The Morgan fingerprint density at radius 1 is 1.02 bits per heavy atom. The number of ether oxygens (including phenoxy) is 2. The Morgan fingerprint density at radius 2 is 1.73 bits per heavy atom. The third-order valence-corrected chi connectivity index (χ3v) is 8.14. The van der Waals surface area contributed by atoms with Crippen molar-refractivity contribution in [2.45, 2.75) is 19.9 Å². The lowest BCUT2D eigenvalue weighted by atomic mass is 9.91. The van der Waals surface area contributed by atoms with Crippen LogP contribution < -0.4 is 19.6 Å². The van der Waals surface area contributed by atoms with Gasteiger partial charge in [-0.3, -0.25) is 9.36 Å². The molecule has 202 valence electrons. The van der Waals surface area contributed by atoms with Crippen molar-refractivity contribution in [1.29, 1.82) is 0 Å². The summed E-state index contributed by atoms with van der Waals surface area (Å²) >= 11 is 1.28. The van der Waals surface area contributed by atoms with Crippen LogP contribution in [0.25, 0.3) is 27.6 Å². The molecule has 0 N–H and O–H groups in total. The Bertz CT molecular complexity index is 2090. The van der Waals surface area contributed by atoms with Crippen molar-refractivity contribution in [1.82, 2.24) is 4.57 Å². The quantitative estimate of drug-likeness (QED) is 0.214. The minimum absolute atomic E-state index is 0.101. The number of terminal acetylenes is 1. The molecule has 2 heterocycles. The molecule has 1 aromatic heterocycles. The molecule has 1 atom stereocenters. The molecule has 0 radical (unpaired) electrons. The summed E-state index contributed by atoms with van der Waals surface area (Å²) in [5.41, 5.74) is 2.21. The first kappa shape index (κ1) is 26.3. The summed E-state index contributed by atoms with van der Waals surface area (Å²) in [7, 11) is 0.